The molecule has 0 heterocycles. The summed E-state index contributed by atoms with van der Waals surface area (Å²) in [4.78, 5) is 2.04. The molecule has 1 nitrogen and oxygen atoms in total. The molecular formula is C13H15N. The van der Waals surface area contributed by atoms with Crippen LogP contribution in [0.5, 0.6) is 0 Å². The number of hydrogen-bond acceptors (Lipinski definition) is 1. The van der Waals surface area contributed by atoms with E-state index in [1.54, 1.807) is 6.08 Å². The van der Waals surface area contributed by atoms with Crippen LogP contribution in [0.4, 0.5) is 5.69 Å². The third-order valence-corrected chi connectivity index (χ3v) is 1.98. The summed E-state index contributed by atoms with van der Waals surface area (Å²) in [7, 11) is 2.00. The average Bonchev–Trinajstić information content (AvgIpc) is 2.26. The van der Waals surface area contributed by atoms with Gasteiger partial charge >= 0.3 is 0 Å². The lowest BCUT2D eigenvalue weighted by Crippen LogP contribution is -2.06. The van der Waals surface area contributed by atoms with Gasteiger partial charge in [0, 0.05) is 18.9 Å². The van der Waals surface area contributed by atoms with E-state index < -0.39 is 0 Å². The van der Waals surface area contributed by atoms with Gasteiger partial charge in [-0.05, 0) is 23.8 Å². The van der Waals surface area contributed by atoms with E-state index in [4.69, 9.17) is 0 Å². The van der Waals surface area contributed by atoms with E-state index in [0.29, 0.717) is 0 Å². The van der Waals surface area contributed by atoms with Crippen LogP contribution in [0.3, 0.4) is 0 Å². The number of anilines is 1. The summed E-state index contributed by atoms with van der Waals surface area (Å²) in [6, 6.07) is 8.20. The summed E-state index contributed by atoms with van der Waals surface area (Å²) in [5.74, 6) is 0. The van der Waals surface area contributed by atoms with Crippen molar-refractivity contribution in [3.05, 3.63) is 61.3 Å². The number of benzene rings is 1. The highest BCUT2D eigenvalue weighted by Crippen LogP contribution is 2.14. The summed E-state index contributed by atoms with van der Waals surface area (Å²) in [5.41, 5.74) is 2.28. The number of hydrogen-bond donors (Lipinski definition) is 0. The Bertz CT molecular complexity index is 333. The first-order chi connectivity index (χ1) is 6.77. The Hall–Kier alpha value is -1.76. The second-order valence-corrected chi connectivity index (χ2v) is 2.98. The molecule has 1 aromatic carbocycles. The molecule has 0 radical (unpaired) electrons. The Morgan fingerprint density at radius 1 is 1.14 bits per heavy atom. The molecule has 0 bridgehead atoms. The molecule has 0 aromatic heterocycles. The summed E-state index contributed by atoms with van der Waals surface area (Å²) < 4.78 is 0. The Balaban J connectivity index is 2.80. The third kappa shape index (κ3) is 2.63. The van der Waals surface area contributed by atoms with Gasteiger partial charge in [-0.2, -0.15) is 0 Å². The van der Waals surface area contributed by atoms with Crippen molar-refractivity contribution in [1.82, 2.24) is 0 Å². The van der Waals surface area contributed by atoms with Gasteiger partial charge in [0.2, 0.25) is 0 Å². The molecule has 0 saturated carbocycles. The summed E-state index contributed by atoms with van der Waals surface area (Å²) in [6.07, 6.45) is 7.47. The average molecular weight is 185 g/mol. The molecule has 0 atom stereocenters. The smallest absolute Gasteiger partial charge is 0.0403 e. The van der Waals surface area contributed by atoms with Gasteiger partial charge < -0.3 is 4.90 Å². The van der Waals surface area contributed by atoms with E-state index >= 15 is 0 Å². The van der Waals surface area contributed by atoms with Gasteiger partial charge in [-0.1, -0.05) is 37.4 Å². The molecule has 0 amide bonds. The predicted octanol–water partition coefficient (Wildman–Crippen LogP) is 3.47. The van der Waals surface area contributed by atoms with Crippen molar-refractivity contribution in [3.63, 3.8) is 0 Å². The molecule has 0 fully saturated rings. The van der Waals surface area contributed by atoms with E-state index in [-0.39, 0.29) is 0 Å². The standard InChI is InChI=1S/C13H15N/c1-4-6-11-14(3)13-9-7-12(5-2)8-10-13/h4-11H,1-2H2,3H3/b11-6-. The minimum atomic E-state index is 1.13. The van der Waals surface area contributed by atoms with Crippen molar-refractivity contribution in [2.45, 2.75) is 0 Å². The van der Waals surface area contributed by atoms with Crippen LogP contribution in [-0.4, -0.2) is 7.05 Å². The van der Waals surface area contributed by atoms with Gasteiger partial charge in [-0.3, -0.25) is 0 Å². The highest BCUT2D eigenvalue weighted by Gasteiger charge is 1.94. The molecule has 1 rings (SSSR count). The first-order valence-corrected chi connectivity index (χ1v) is 4.52. The molecule has 0 aliphatic heterocycles. The fourth-order valence-corrected chi connectivity index (χ4v) is 1.12. The fourth-order valence-electron chi connectivity index (χ4n) is 1.12. The highest BCUT2D eigenvalue weighted by atomic mass is 15.1. The van der Waals surface area contributed by atoms with Crippen molar-refractivity contribution in [3.8, 4) is 0 Å². The van der Waals surface area contributed by atoms with Crippen LogP contribution in [0.25, 0.3) is 6.08 Å². The SMILES string of the molecule is C=C/C=C\N(C)c1ccc(C=C)cc1. The maximum Gasteiger partial charge on any atom is 0.0403 e. The predicted molar refractivity (Wildman–Crippen MR) is 64.3 cm³/mol. The van der Waals surface area contributed by atoms with Gasteiger partial charge in [-0.25, -0.2) is 0 Å². The maximum absolute atomic E-state index is 3.71. The van der Waals surface area contributed by atoms with Crippen molar-refractivity contribution in [2.24, 2.45) is 0 Å². The van der Waals surface area contributed by atoms with E-state index in [0.717, 1.165) is 11.3 Å². The molecular weight excluding hydrogens is 170 g/mol. The van der Waals surface area contributed by atoms with E-state index in [1.165, 1.54) is 0 Å². The lowest BCUT2D eigenvalue weighted by atomic mass is 10.2. The summed E-state index contributed by atoms with van der Waals surface area (Å²) in [5, 5.41) is 0. The highest BCUT2D eigenvalue weighted by molar-refractivity contribution is 5.55. The monoisotopic (exact) mass is 185 g/mol. The van der Waals surface area contributed by atoms with Crippen molar-refractivity contribution in [2.75, 3.05) is 11.9 Å². The van der Waals surface area contributed by atoms with Crippen LogP contribution in [0, 0.1) is 0 Å². The molecule has 0 unspecified atom stereocenters. The number of rotatable bonds is 4. The molecule has 0 aliphatic carbocycles. The topological polar surface area (TPSA) is 3.24 Å². The molecule has 1 aromatic rings. The van der Waals surface area contributed by atoms with E-state index in [1.807, 2.05) is 42.4 Å². The normalized spacial score (nSPS) is 10.1. The summed E-state index contributed by atoms with van der Waals surface area (Å²) >= 11 is 0. The molecule has 0 aliphatic rings. The van der Waals surface area contributed by atoms with Crippen LogP contribution in [0.2, 0.25) is 0 Å². The van der Waals surface area contributed by atoms with Gasteiger partial charge in [0.05, 0.1) is 0 Å². The molecule has 0 N–H and O–H groups in total. The van der Waals surface area contributed by atoms with Crippen LogP contribution in [-0.2, 0) is 0 Å². The van der Waals surface area contributed by atoms with Gasteiger partial charge in [-0.15, -0.1) is 0 Å². The zero-order chi connectivity index (χ0) is 10.4. The first-order valence-electron chi connectivity index (χ1n) is 4.52. The second-order valence-electron chi connectivity index (χ2n) is 2.98. The molecule has 14 heavy (non-hydrogen) atoms. The Kier molecular flexibility index (Phi) is 3.74. The zero-order valence-electron chi connectivity index (χ0n) is 8.48. The Labute approximate surface area is 85.7 Å². The maximum atomic E-state index is 3.71. The quantitative estimate of drug-likeness (QED) is 0.649. The van der Waals surface area contributed by atoms with E-state index in [2.05, 4.69) is 25.3 Å². The molecule has 0 spiro atoms. The number of nitrogens with zero attached hydrogens (tertiary/aromatic N) is 1. The van der Waals surface area contributed by atoms with Gasteiger partial charge in [0.25, 0.3) is 0 Å². The van der Waals surface area contributed by atoms with Crippen LogP contribution in [0.15, 0.2) is 55.8 Å². The first kappa shape index (κ1) is 10.3. The Morgan fingerprint density at radius 2 is 1.79 bits per heavy atom. The summed E-state index contributed by atoms with van der Waals surface area (Å²) in [6.45, 7) is 7.34. The molecule has 72 valence electrons. The van der Waals surface area contributed by atoms with Crippen LogP contribution in [0.1, 0.15) is 5.56 Å². The van der Waals surface area contributed by atoms with Crippen molar-refractivity contribution < 1.29 is 0 Å². The second kappa shape index (κ2) is 5.07. The van der Waals surface area contributed by atoms with Crippen molar-refractivity contribution >= 4 is 11.8 Å². The molecule has 1 heteroatoms. The minimum absolute atomic E-state index is 1.13. The lowest BCUT2D eigenvalue weighted by molar-refractivity contribution is 1.20. The fraction of sp³-hybridized carbons (Fsp3) is 0.0769. The van der Waals surface area contributed by atoms with Crippen LogP contribution >= 0.6 is 0 Å². The van der Waals surface area contributed by atoms with Crippen LogP contribution < -0.4 is 4.90 Å². The number of allylic oxidation sites excluding steroid dienone is 2. The van der Waals surface area contributed by atoms with Gasteiger partial charge in [0.15, 0.2) is 0 Å². The lowest BCUT2D eigenvalue weighted by Gasteiger charge is -2.13. The molecule has 0 saturated heterocycles. The van der Waals surface area contributed by atoms with E-state index in [9.17, 15) is 0 Å². The zero-order valence-corrected chi connectivity index (χ0v) is 8.48. The largest absolute Gasteiger partial charge is 0.351 e. The Morgan fingerprint density at radius 3 is 2.29 bits per heavy atom. The van der Waals surface area contributed by atoms with Crippen molar-refractivity contribution in [1.29, 1.82) is 0 Å². The minimum Gasteiger partial charge on any atom is -0.351 e. The third-order valence-electron chi connectivity index (χ3n) is 1.98. The van der Waals surface area contributed by atoms with Gasteiger partial charge in [0.1, 0.15) is 0 Å².